The Bertz CT molecular complexity index is 1430. The Hall–Kier alpha value is -3.55. The van der Waals surface area contributed by atoms with Crippen LogP contribution in [0.3, 0.4) is 0 Å². The number of pyridine rings is 1. The molecule has 0 bridgehead atoms. The van der Waals surface area contributed by atoms with Crippen molar-refractivity contribution < 1.29 is 22.8 Å². The van der Waals surface area contributed by atoms with E-state index in [1.807, 2.05) is 6.07 Å². The number of amides is 1. The van der Waals surface area contributed by atoms with Gasteiger partial charge in [-0.25, -0.2) is 18.3 Å². The first-order chi connectivity index (χ1) is 15.0. The number of aryl methyl sites for hydroxylation is 1. The summed E-state index contributed by atoms with van der Waals surface area (Å²) in [6.45, 7) is 1.09. The molecule has 1 atom stereocenters. The molecule has 1 unspecified atom stereocenters. The maximum Gasteiger partial charge on any atom is 0.264 e. The molecule has 0 aliphatic rings. The van der Waals surface area contributed by atoms with Gasteiger partial charge in [0.05, 0.1) is 11.6 Å². The summed E-state index contributed by atoms with van der Waals surface area (Å²) in [5.41, 5.74) is 1.98. The van der Waals surface area contributed by atoms with Crippen LogP contribution in [0.4, 0.5) is 4.39 Å². The quantitative estimate of drug-likeness (QED) is 0.432. The number of hydrogen-bond acceptors (Lipinski definition) is 6. The van der Waals surface area contributed by atoms with Crippen LogP contribution in [0.15, 0.2) is 53.5 Å². The highest BCUT2D eigenvalue weighted by molar-refractivity contribution is 7.92. The fraction of sp³-hybridized carbons (Fsp3) is 0.227. The van der Waals surface area contributed by atoms with Crippen molar-refractivity contribution >= 4 is 26.5 Å². The van der Waals surface area contributed by atoms with Gasteiger partial charge in [0.25, 0.3) is 11.5 Å². The third-order valence-electron chi connectivity index (χ3n) is 5.62. The Morgan fingerprint density at radius 2 is 1.97 bits per heavy atom. The molecule has 8 nitrogen and oxygen atoms in total. The van der Waals surface area contributed by atoms with Crippen LogP contribution >= 0.6 is 0 Å². The van der Waals surface area contributed by atoms with Gasteiger partial charge < -0.3 is 4.57 Å². The number of aromatic nitrogens is 1. The molecular weight excluding hydrogens is 437 g/mol. The van der Waals surface area contributed by atoms with Crippen molar-refractivity contribution in [1.29, 1.82) is 5.26 Å². The van der Waals surface area contributed by atoms with Crippen LogP contribution in [0.5, 0.6) is 0 Å². The van der Waals surface area contributed by atoms with Crippen LogP contribution in [-0.4, -0.2) is 35.1 Å². The van der Waals surface area contributed by atoms with Crippen LogP contribution in [0.1, 0.15) is 18.9 Å². The van der Waals surface area contributed by atoms with E-state index in [0.29, 0.717) is 16.3 Å². The van der Waals surface area contributed by atoms with E-state index < -0.39 is 31.9 Å². The molecule has 1 heterocycles. The summed E-state index contributed by atoms with van der Waals surface area (Å²) in [4.78, 5) is 24.8. The van der Waals surface area contributed by atoms with Crippen molar-refractivity contribution in [3.05, 3.63) is 70.4 Å². The monoisotopic (exact) mass is 457 g/mol. The lowest BCUT2D eigenvalue weighted by atomic mass is 10.0. The molecule has 3 aromatic rings. The normalized spacial score (nSPS) is 13.3. The number of sulfone groups is 1. The summed E-state index contributed by atoms with van der Waals surface area (Å²) in [5.74, 6) is -1.64. The van der Waals surface area contributed by atoms with Crippen molar-refractivity contribution in [2.24, 2.45) is 0 Å². The van der Waals surface area contributed by atoms with Crippen molar-refractivity contribution in [2.45, 2.75) is 24.6 Å². The minimum absolute atomic E-state index is 0.0856. The van der Waals surface area contributed by atoms with Gasteiger partial charge in [0.2, 0.25) is 0 Å². The lowest BCUT2D eigenvalue weighted by molar-refractivity contribution is -0.131. The highest BCUT2D eigenvalue weighted by atomic mass is 32.2. The number of carbonyl (C=O) groups is 1. The standard InChI is InChI=1S/C22H20FN3O5S/c1-22(21(28)25-29,32(2,30)31)8-10-26-9-7-16-12-15(4-6-18(16)20(26)27)17-5-3-14(13-24)11-19(17)23/h3-7,9,11-12,29H,8,10H2,1-2H3,(H,25,28). The van der Waals surface area contributed by atoms with Crippen LogP contribution in [0.2, 0.25) is 0 Å². The van der Waals surface area contributed by atoms with Crippen LogP contribution in [0, 0.1) is 17.1 Å². The minimum atomic E-state index is -3.89. The Morgan fingerprint density at radius 1 is 1.25 bits per heavy atom. The molecule has 0 aliphatic carbocycles. The van der Waals surface area contributed by atoms with Crippen molar-refractivity contribution in [3.8, 4) is 17.2 Å². The highest BCUT2D eigenvalue weighted by Crippen LogP contribution is 2.27. The molecule has 0 spiro atoms. The Labute approximate surface area is 183 Å². The molecule has 0 saturated carbocycles. The SMILES string of the molecule is CC(CCn1ccc2cc(-c3ccc(C#N)cc3F)ccc2c1=O)(C(=O)NO)S(C)(=O)=O. The number of nitrogens with zero attached hydrogens (tertiary/aromatic N) is 2. The number of rotatable bonds is 6. The summed E-state index contributed by atoms with van der Waals surface area (Å²) in [7, 11) is -3.89. The third kappa shape index (κ3) is 4.12. The first-order valence-corrected chi connectivity index (χ1v) is 11.4. The number of halogens is 1. The molecule has 0 fully saturated rings. The molecule has 1 aromatic heterocycles. The van der Waals surface area contributed by atoms with Gasteiger partial charge in [-0.2, -0.15) is 5.26 Å². The lowest BCUT2D eigenvalue weighted by Crippen LogP contribution is -2.49. The summed E-state index contributed by atoms with van der Waals surface area (Å²) < 4.78 is 37.9. The molecule has 0 radical (unpaired) electrons. The van der Waals surface area contributed by atoms with Gasteiger partial charge in [-0.05, 0) is 54.6 Å². The molecule has 1 amide bonds. The molecular formula is C22H20FN3O5S. The number of fused-ring (bicyclic) bond motifs is 1. The molecule has 0 aliphatic heterocycles. The average Bonchev–Trinajstić information content (AvgIpc) is 2.76. The number of carbonyl (C=O) groups excluding carboxylic acids is 1. The number of nitrogens with one attached hydrogen (secondary N) is 1. The van der Waals surface area contributed by atoms with Crippen LogP contribution in [-0.2, 0) is 21.2 Å². The van der Waals surface area contributed by atoms with Crippen molar-refractivity contribution in [2.75, 3.05) is 6.26 Å². The number of hydrogen-bond donors (Lipinski definition) is 2. The van der Waals surface area contributed by atoms with E-state index in [-0.39, 0.29) is 24.1 Å². The molecule has 166 valence electrons. The Morgan fingerprint density at radius 3 is 2.56 bits per heavy atom. The Balaban J connectivity index is 1.97. The predicted octanol–water partition coefficient (Wildman–Crippen LogP) is 2.38. The Kier molecular flexibility index (Phi) is 6.16. The molecule has 32 heavy (non-hydrogen) atoms. The lowest BCUT2D eigenvalue weighted by Gasteiger charge is -2.25. The topological polar surface area (TPSA) is 129 Å². The maximum absolute atomic E-state index is 14.4. The van der Waals surface area contributed by atoms with Gasteiger partial charge in [0.1, 0.15) is 5.82 Å². The van der Waals surface area contributed by atoms with Crippen molar-refractivity contribution in [1.82, 2.24) is 10.0 Å². The highest BCUT2D eigenvalue weighted by Gasteiger charge is 2.43. The van der Waals surface area contributed by atoms with Gasteiger partial charge in [-0.3, -0.25) is 14.8 Å². The zero-order valence-electron chi connectivity index (χ0n) is 17.3. The first-order valence-electron chi connectivity index (χ1n) is 9.49. The molecule has 0 saturated heterocycles. The van der Waals surface area contributed by atoms with Gasteiger partial charge in [-0.1, -0.05) is 12.1 Å². The van der Waals surface area contributed by atoms with Crippen LogP contribution < -0.4 is 11.0 Å². The van der Waals surface area contributed by atoms with E-state index in [9.17, 15) is 22.4 Å². The third-order valence-corrected chi connectivity index (χ3v) is 7.64. The molecule has 3 rings (SSSR count). The van der Waals surface area contributed by atoms with Gasteiger partial charge >= 0.3 is 0 Å². The first kappa shape index (κ1) is 23.1. The second kappa shape index (κ2) is 8.53. The molecule has 2 aromatic carbocycles. The van der Waals surface area contributed by atoms with E-state index in [4.69, 9.17) is 10.5 Å². The fourth-order valence-electron chi connectivity index (χ4n) is 3.37. The zero-order valence-corrected chi connectivity index (χ0v) is 18.1. The van der Waals surface area contributed by atoms with E-state index in [0.717, 1.165) is 12.3 Å². The molecule has 2 N–H and O–H groups in total. The van der Waals surface area contributed by atoms with E-state index in [1.54, 1.807) is 18.2 Å². The fourth-order valence-corrected chi connectivity index (χ4v) is 4.21. The van der Waals surface area contributed by atoms with E-state index >= 15 is 0 Å². The molecule has 10 heteroatoms. The van der Waals surface area contributed by atoms with Gasteiger partial charge in [0, 0.05) is 29.9 Å². The van der Waals surface area contributed by atoms with Crippen LogP contribution in [0.25, 0.3) is 21.9 Å². The largest absolute Gasteiger partial charge is 0.315 e. The van der Waals surface area contributed by atoms with E-state index in [1.165, 1.54) is 41.4 Å². The second-order valence-corrected chi connectivity index (χ2v) is 10.1. The van der Waals surface area contributed by atoms with Crippen molar-refractivity contribution in [3.63, 3.8) is 0 Å². The van der Waals surface area contributed by atoms with E-state index in [2.05, 4.69) is 0 Å². The summed E-state index contributed by atoms with van der Waals surface area (Å²) in [6.07, 6.45) is 2.11. The average molecular weight is 457 g/mol. The summed E-state index contributed by atoms with van der Waals surface area (Å²) in [6, 6.07) is 12.4. The number of nitriles is 1. The predicted molar refractivity (Wildman–Crippen MR) is 116 cm³/mol. The van der Waals surface area contributed by atoms with Gasteiger partial charge in [0.15, 0.2) is 14.6 Å². The number of hydroxylamine groups is 1. The second-order valence-electron chi connectivity index (χ2n) is 7.62. The minimum Gasteiger partial charge on any atom is -0.315 e. The zero-order chi connectivity index (χ0) is 23.7. The summed E-state index contributed by atoms with van der Waals surface area (Å²) >= 11 is 0. The maximum atomic E-state index is 14.4. The smallest absolute Gasteiger partial charge is 0.264 e. The van der Waals surface area contributed by atoms with Gasteiger partial charge in [-0.15, -0.1) is 0 Å². The summed E-state index contributed by atoms with van der Waals surface area (Å²) in [5, 5.41) is 18.7. The number of benzene rings is 2.